The van der Waals surface area contributed by atoms with Gasteiger partial charge >= 0.3 is 0 Å². The van der Waals surface area contributed by atoms with Crippen molar-refractivity contribution in [3.63, 3.8) is 0 Å². The molecule has 0 radical (unpaired) electrons. The molecule has 0 saturated heterocycles. The Morgan fingerprint density at radius 3 is 2.60 bits per heavy atom. The van der Waals surface area contributed by atoms with E-state index < -0.39 is 0 Å². The summed E-state index contributed by atoms with van der Waals surface area (Å²) >= 11 is 9.65. The van der Waals surface area contributed by atoms with E-state index in [9.17, 15) is 0 Å². The maximum absolute atomic E-state index is 5.92. The first-order valence-electron chi connectivity index (χ1n) is 7.03. The molecule has 1 heterocycles. The third-order valence-corrected chi connectivity index (χ3v) is 6.18. The van der Waals surface area contributed by atoms with Gasteiger partial charge in [-0.1, -0.05) is 24.4 Å². The molecule has 0 unspecified atom stereocenters. The first-order valence-corrected chi connectivity index (χ1v) is 9.17. The van der Waals surface area contributed by atoms with Crippen LogP contribution in [-0.4, -0.2) is 5.25 Å². The average Bonchev–Trinajstić information content (AvgIpc) is 3.10. The summed E-state index contributed by atoms with van der Waals surface area (Å²) in [5.74, 6) is 0. The molecular weight excluding hydrogens is 306 g/mol. The minimum absolute atomic E-state index is 0.829. The van der Waals surface area contributed by atoms with Crippen LogP contribution in [0.5, 0.6) is 0 Å². The molecule has 1 aromatic carbocycles. The van der Waals surface area contributed by atoms with Crippen LogP contribution in [-0.2, 0) is 6.54 Å². The number of anilines is 1. The van der Waals surface area contributed by atoms with Crippen molar-refractivity contribution in [3.8, 4) is 0 Å². The molecule has 20 heavy (non-hydrogen) atoms. The molecular formula is C16H18ClNS2. The van der Waals surface area contributed by atoms with E-state index in [1.807, 2.05) is 23.2 Å². The smallest absolute Gasteiger partial charge is 0.0516 e. The Morgan fingerprint density at radius 1 is 1.20 bits per heavy atom. The van der Waals surface area contributed by atoms with Gasteiger partial charge in [0.1, 0.15) is 0 Å². The lowest BCUT2D eigenvalue weighted by atomic mass is 10.3. The maximum Gasteiger partial charge on any atom is 0.0516 e. The first kappa shape index (κ1) is 14.3. The summed E-state index contributed by atoms with van der Waals surface area (Å²) in [5.41, 5.74) is 1.17. The third-order valence-electron chi connectivity index (χ3n) is 3.55. The van der Waals surface area contributed by atoms with Crippen LogP contribution in [0.1, 0.15) is 30.6 Å². The molecule has 106 valence electrons. The molecule has 1 saturated carbocycles. The van der Waals surface area contributed by atoms with Gasteiger partial charge < -0.3 is 5.32 Å². The van der Waals surface area contributed by atoms with E-state index in [2.05, 4.69) is 29.6 Å². The van der Waals surface area contributed by atoms with Crippen molar-refractivity contribution in [1.29, 1.82) is 0 Å². The van der Waals surface area contributed by atoms with Crippen molar-refractivity contribution in [3.05, 3.63) is 45.6 Å². The van der Waals surface area contributed by atoms with Gasteiger partial charge in [-0.15, -0.1) is 23.1 Å². The van der Waals surface area contributed by atoms with Crippen LogP contribution >= 0.6 is 34.7 Å². The number of thioether (sulfide) groups is 1. The lowest BCUT2D eigenvalue weighted by molar-refractivity contribution is 0.886. The van der Waals surface area contributed by atoms with Gasteiger partial charge in [-0.2, -0.15) is 0 Å². The summed E-state index contributed by atoms with van der Waals surface area (Å²) in [6, 6.07) is 10.8. The number of hydrogen-bond acceptors (Lipinski definition) is 3. The Kier molecular flexibility index (Phi) is 4.92. The summed E-state index contributed by atoms with van der Waals surface area (Å²) in [4.78, 5) is 2.65. The molecule has 0 spiro atoms. The fraction of sp³-hybridized carbons (Fsp3) is 0.375. The third kappa shape index (κ3) is 3.94. The highest BCUT2D eigenvalue weighted by Crippen LogP contribution is 2.35. The molecule has 1 aliphatic carbocycles. The quantitative estimate of drug-likeness (QED) is 0.719. The van der Waals surface area contributed by atoms with Crippen molar-refractivity contribution < 1.29 is 0 Å². The fourth-order valence-electron chi connectivity index (χ4n) is 2.49. The van der Waals surface area contributed by atoms with Gasteiger partial charge in [0.15, 0.2) is 0 Å². The number of thiophene rings is 1. The number of rotatable bonds is 5. The molecule has 0 atom stereocenters. The molecule has 0 bridgehead atoms. The van der Waals surface area contributed by atoms with Gasteiger partial charge in [-0.25, -0.2) is 0 Å². The van der Waals surface area contributed by atoms with Crippen LogP contribution in [0.15, 0.2) is 40.6 Å². The second-order valence-electron chi connectivity index (χ2n) is 5.13. The molecule has 1 aliphatic rings. The molecule has 1 fully saturated rings. The van der Waals surface area contributed by atoms with Crippen molar-refractivity contribution in [2.75, 3.05) is 5.32 Å². The molecule has 4 heteroatoms. The van der Waals surface area contributed by atoms with E-state index in [-0.39, 0.29) is 0 Å². The minimum Gasteiger partial charge on any atom is -0.380 e. The molecule has 1 N–H and O–H groups in total. The van der Waals surface area contributed by atoms with E-state index in [1.165, 1.54) is 41.1 Å². The lowest BCUT2D eigenvalue weighted by Crippen LogP contribution is -1.97. The molecule has 1 nitrogen and oxygen atoms in total. The van der Waals surface area contributed by atoms with E-state index >= 15 is 0 Å². The summed E-state index contributed by atoms with van der Waals surface area (Å²) in [7, 11) is 0. The summed E-state index contributed by atoms with van der Waals surface area (Å²) in [6.45, 7) is 0.840. The van der Waals surface area contributed by atoms with Crippen LogP contribution in [0.3, 0.4) is 0 Å². The maximum atomic E-state index is 5.92. The van der Waals surface area contributed by atoms with E-state index in [4.69, 9.17) is 11.6 Å². The van der Waals surface area contributed by atoms with E-state index in [1.54, 1.807) is 11.3 Å². The van der Waals surface area contributed by atoms with E-state index in [0.29, 0.717) is 0 Å². The SMILES string of the molecule is Clc1csc(CNc2ccc(SC3CCCC3)cc2)c1. The summed E-state index contributed by atoms with van der Waals surface area (Å²) < 4.78 is 0. The molecule has 2 aromatic rings. The highest BCUT2D eigenvalue weighted by atomic mass is 35.5. The minimum atomic E-state index is 0.829. The number of halogens is 1. The summed E-state index contributed by atoms with van der Waals surface area (Å²) in [6.07, 6.45) is 5.56. The Morgan fingerprint density at radius 2 is 1.95 bits per heavy atom. The van der Waals surface area contributed by atoms with Crippen LogP contribution in [0.25, 0.3) is 0 Å². The van der Waals surface area contributed by atoms with Gasteiger partial charge in [0, 0.05) is 32.6 Å². The average molecular weight is 324 g/mol. The number of benzene rings is 1. The molecule has 3 rings (SSSR count). The normalized spacial score (nSPS) is 15.7. The number of hydrogen-bond donors (Lipinski definition) is 1. The second kappa shape index (κ2) is 6.88. The lowest BCUT2D eigenvalue weighted by Gasteiger charge is -2.10. The number of nitrogens with one attached hydrogen (secondary N) is 1. The van der Waals surface area contributed by atoms with Crippen molar-refractivity contribution >= 4 is 40.4 Å². The molecule has 1 aromatic heterocycles. The predicted molar refractivity (Wildman–Crippen MR) is 91.2 cm³/mol. The standard InChI is InChI=1S/C16H18ClNS2/c17-12-9-16(19-11-12)10-18-13-5-7-15(8-6-13)20-14-3-1-2-4-14/h5-9,11,14,18H,1-4,10H2. The second-order valence-corrected chi connectivity index (χ2v) is 7.94. The van der Waals surface area contributed by atoms with Gasteiger partial charge in [0.2, 0.25) is 0 Å². The van der Waals surface area contributed by atoms with Crippen molar-refractivity contribution in [1.82, 2.24) is 0 Å². The highest BCUT2D eigenvalue weighted by Gasteiger charge is 2.15. The Balaban J connectivity index is 1.52. The van der Waals surface area contributed by atoms with Gasteiger partial charge in [0.25, 0.3) is 0 Å². The van der Waals surface area contributed by atoms with Crippen LogP contribution in [0, 0.1) is 0 Å². The molecule has 0 aliphatic heterocycles. The van der Waals surface area contributed by atoms with Crippen molar-refractivity contribution in [2.24, 2.45) is 0 Å². The zero-order valence-corrected chi connectivity index (χ0v) is 13.7. The van der Waals surface area contributed by atoms with Crippen LogP contribution in [0.4, 0.5) is 5.69 Å². The predicted octanol–water partition coefficient (Wildman–Crippen LogP) is 6.05. The monoisotopic (exact) mass is 323 g/mol. The highest BCUT2D eigenvalue weighted by molar-refractivity contribution is 8.00. The van der Waals surface area contributed by atoms with Gasteiger partial charge in [-0.3, -0.25) is 0 Å². The first-order chi connectivity index (χ1) is 9.79. The summed E-state index contributed by atoms with van der Waals surface area (Å²) in [5, 5.41) is 7.07. The Labute approximate surface area is 133 Å². The van der Waals surface area contributed by atoms with E-state index in [0.717, 1.165) is 16.8 Å². The van der Waals surface area contributed by atoms with Gasteiger partial charge in [-0.05, 0) is 43.2 Å². The van der Waals surface area contributed by atoms with Gasteiger partial charge in [0.05, 0.1) is 5.02 Å². The topological polar surface area (TPSA) is 12.0 Å². The van der Waals surface area contributed by atoms with Crippen LogP contribution in [0.2, 0.25) is 5.02 Å². The largest absolute Gasteiger partial charge is 0.380 e. The fourth-order valence-corrected chi connectivity index (χ4v) is 4.75. The zero-order valence-electron chi connectivity index (χ0n) is 11.3. The molecule has 0 amide bonds. The van der Waals surface area contributed by atoms with Crippen molar-refractivity contribution in [2.45, 2.75) is 42.4 Å². The Bertz CT molecular complexity index is 544. The Hall–Kier alpha value is -0.640. The van der Waals surface area contributed by atoms with Crippen LogP contribution < -0.4 is 5.32 Å². The zero-order chi connectivity index (χ0) is 13.8.